The summed E-state index contributed by atoms with van der Waals surface area (Å²) >= 11 is 0. The van der Waals surface area contributed by atoms with Crippen LogP contribution in [0.25, 0.3) is 0 Å². The number of aromatic nitrogens is 1. The van der Waals surface area contributed by atoms with Crippen molar-refractivity contribution in [3.63, 3.8) is 0 Å². The number of hydrogen-bond acceptors (Lipinski definition) is 5. The first kappa shape index (κ1) is 21.5. The summed E-state index contributed by atoms with van der Waals surface area (Å²) in [6, 6.07) is 7.58. The van der Waals surface area contributed by atoms with Crippen molar-refractivity contribution in [2.75, 3.05) is 51.8 Å². The molecule has 3 rings (SSSR count). The van der Waals surface area contributed by atoms with Gasteiger partial charge in [0.1, 0.15) is 12.4 Å². The maximum absolute atomic E-state index is 13.7. The van der Waals surface area contributed by atoms with E-state index in [1.807, 2.05) is 0 Å². The molecule has 0 radical (unpaired) electrons. The third kappa shape index (κ3) is 5.44. The summed E-state index contributed by atoms with van der Waals surface area (Å²) in [5.41, 5.74) is 1.36. The number of hydrogen-bond donors (Lipinski definition) is 1. The molecule has 2 heterocycles. The first-order valence-corrected chi connectivity index (χ1v) is 9.67. The van der Waals surface area contributed by atoms with Gasteiger partial charge in [-0.2, -0.15) is 0 Å². The number of nitrogens with zero attached hydrogens (tertiary/aromatic N) is 3. The first-order chi connectivity index (χ1) is 14.5. The van der Waals surface area contributed by atoms with Gasteiger partial charge in [-0.1, -0.05) is 6.07 Å². The fourth-order valence-electron chi connectivity index (χ4n) is 2.99. The highest BCUT2D eigenvalue weighted by molar-refractivity contribution is 5.94. The number of halogens is 1. The van der Waals surface area contributed by atoms with Crippen molar-refractivity contribution in [1.29, 1.82) is 0 Å². The van der Waals surface area contributed by atoms with E-state index < -0.39 is 5.82 Å². The number of methoxy groups -OCH3 is 1. The lowest BCUT2D eigenvalue weighted by Crippen LogP contribution is -2.51. The van der Waals surface area contributed by atoms with Crippen LogP contribution >= 0.6 is 0 Å². The van der Waals surface area contributed by atoms with Crippen molar-refractivity contribution in [3.8, 4) is 5.88 Å². The van der Waals surface area contributed by atoms with Crippen molar-refractivity contribution in [1.82, 2.24) is 14.8 Å². The molecule has 30 heavy (non-hydrogen) atoms. The highest BCUT2D eigenvalue weighted by Crippen LogP contribution is 2.15. The SMILES string of the molecule is COCCOc1ccc(NC(=O)N2CCN(C(=O)c3ccc(C)c(F)c3)CC2)cn1. The van der Waals surface area contributed by atoms with Gasteiger partial charge in [0.2, 0.25) is 5.88 Å². The lowest BCUT2D eigenvalue weighted by atomic mass is 10.1. The van der Waals surface area contributed by atoms with Crippen molar-refractivity contribution >= 4 is 17.6 Å². The number of anilines is 1. The normalized spacial score (nSPS) is 13.8. The van der Waals surface area contributed by atoms with Crippen LogP contribution in [0.2, 0.25) is 0 Å². The molecule has 3 amide bonds. The molecule has 1 aromatic heterocycles. The Kier molecular flexibility index (Phi) is 7.18. The topological polar surface area (TPSA) is 84.0 Å². The fraction of sp³-hybridized carbons (Fsp3) is 0.381. The highest BCUT2D eigenvalue weighted by Gasteiger charge is 2.25. The Labute approximate surface area is 174 Å². The molecule has 2 aromatic rings. The second-order valence-corrected chi connectivity index (χ2v) is 6.90. The first-order valence-electron chi connectivity index (χ1n) is 9.67. The minimum atomic E-state index is -0.400. The summed E-state index contributed by atoms with van der Waals surface area (Å²) in [5.74, 6) is -0.186. The maximum atomic E-state index is 13.7. The summed E-state index contributed by atoms with van der Waals surface area (Å²) in [6.45, 7) is 4.05. The van der Waals surface area contributed by atoms with Gasteiger partial charge in [0.05, 0.1) is 18.5 Å². The molecule has 0 bridgehead atoms. The summed E-state index contributed by atoms with van der Waals surface area (Å²) in [6.07, 6.45) is 1.52. The zero-order valence-corrected chi connectivity index (χ0v) is 17.1. The van der Waals surface area contributed by atoms with E-state index in [1.54, 1.807) is 48.1 Å². The zero-order chi connectivity index (χ0) is 21.5. The molecule has 0 atom stereocenters. The predicted molar refractivity (Wildman–Crippen MR) is 109 cm³/mol. The van der Waals surface area contributed by atoms with Crippen LogP contribution in [0.1, 0.15) is 15.9 Å². The Morgan fingerprint density at radius 2 is 1.83 bits per heavy atom. The van der Waals surface area contributed by atoms with Crippen LogP contribution < -0.4 is 10.1 Å². The van der Waals surface area contributed by atoms with E-state index >= 15 is 0 Å². The van der Waals surface area contributed by atoms with Gasteiger partial charge in [-0.05, 0) is 30.7 Å². The molecule has 0 aliphatic carbocycles. The Morgan fingerprint density at radius 1 is 1.10 bits per heavy atom. The van der Waals surface area contributed by atoms with Gasteiger partial charge >= 0.3 is 6.03 Å². The van der Waals surface area contributed by atoms with Crippen molar-refractivity contribution in [2.45, 2.75) is 6.92 Å². The maximum Gasteiger partial charge on any atom is 0.322 e. The predicted octanol–water partition coefficient (Wildman–Crippen LogP) is 2.54. The van der Waals surface area contributed by atoms with Crippen LogP contribution in [0.3, 0.4) is 0 Å². The minimum Gasteiger partial charge on any atom is -0.475 e. The molecule has 9 heteroatoms. The van der Waals surface area contributed by atoms with Gasteiger partial charge in [0.15, 0.2) is 0 Å². The van der Waals surface area contributed by atoms with Crippen LogP contribution in [0, 0.1) is 12.7 Å². The molecule has 1 saturated heterocycles. The Bertz CT molecular complexity index is 883. The van der Waals surface area contributed by atoms with Crippen molar-refractivity contribution in [2.24, 2.45) is 0 Å². The minimum absolute atomic E-state index is 0.234. The largest absolute Gasteiger partial charge is 0.475 e. The number of aryl methyl sites for hydroxylation is 1. The fourth-order valence-corrected chi connectivity index (χ4v) is 2.99. The lowest BCUT2D eigenvalue weighted by Gasteiger charge is -2.34. The van der Waals surface area contributed by atoms with Gasteiger partial charge in [-0.25, -0.2) is 14.2 Å². The highest BCUT2D eigenvalue weighted by atomic mass is 19.1. The molecular weight excluding hydrogens is 391 g/mol. The van der Waals surface area contributed by atoms with Gasteiger partial charge in [0.25, 0.3) is 5.91 Å². The smallest absolute Gasteiger partial charge is 0.322 e. The molecule has 0 spiro atoms. The van der Waals surface area contributed by atoms with E-state index in [4.69, 9.17) is 9.47 Å². The average molecular weight is 416 g/mol. The summed E-state index contributed by atoms with van der Waals surface area (Å²) < 4.78 is 24.0. The Morgan fingerprint density at radius 3 is 2.47 bits per heavy atom. The summed E-state index contributed by atoms with van der Waals surface area (Å²) in [7, 11) is 1.59. The van der Waals surface area contributed by atoms with Crippen LogP contribution in [0.15, 0.2) is 36.5 Å². The molecule has 1 aliphatic rings. The number of ether oxygens (including phenoxy) is 2. The summed E-state index contributed by atoms with van der Waals surface area (Å²) in [4.78, 5) is 32.4. The lowest BCUT2D eigenvalue weighted by molar-refractivity contribution is 0.0671. The molecule has 0 unspecified atom stereocenters. The van der Waals surface area contributed by atoms with Crippen LogP contribution in [-0.2, 0) is 4.74 Å². The van der Waals surface area contributed by atoms with Crippen molar-refractivity contribution in [3.05, 3.63) is 53.5 Å². The third-order valence-corrected chi connectivity index (χ3v) is 4.80. The monoisotopic (exact) mass is 416 g/mol. The van der Waals surface area contributed by atoms with Crippen LogP contribution in [-0.4, -0.2) is 73.2 Å². The van der Waals surface area contributed by atoms with Crippen LogP contribution in [0.5, 0.6) is 5.88 Å². The van der Waals surface area contributed by atoms with E-state index in [2.05, 4.69) is 10.3 Å². The number of urea groups is 1. The van der Waals surface area contributed by atoms with E-state index in [0.717, 1.165) is 0 Å². The molecule has 0 saturated carbocycles. The van der Waals surface area contributed by atoms with Crippen molar-refractivity contribution < 1.29 is 23.5 Å². The number of pyridine rings is 1. The van der Waals surface area contributed by atoms with E-state index in [0.29, 0.717) is 62.1 Å². The van der Waals surface area contributed by atoms with Gasteiger partial charge < -0.3 is 24.6 Å². The van der Waals surface area contributed by atoms with E-state index in [9.17, 15) is 14.0 Å². The molecule has 1 aliphatic heterocycles. The molecule has 1 aromatic carbocycles. The number of carbonyl (C=O) groups excluding carboxylic acids is 2. The standard InChI is InChI=1S/C21H25FN4O4/c1-15-3-4-16(13-18(15)22)20(27)25-7-9-26(10-8-25)21(28)24-17-5-6-19(23-14-17)30-12-11-29-2/h3-6,13-14H,7-12H2,1-2H3,(H,24,28). The number of piperazine rings is 1. The van der Waals surface area contributed by atoms with Gasteiger partial charge in [-0.3, -0.25) is 4.79 Å². The average Bonchev–Trinajstić information content (AvgIpc) is 2.76. The molecule has 160 valence electrons. The van der Waals surface area contributed by atoms with Crippen LogP contribution in [0.4, 0.5) is 14.9 Å². The number of benzene rings is 1. The molecule has 1 fully saturated rings. The number of nitrogens with one attached hydrogen (secondary N) is 1. The second kappa shape index (κ2) is 10.0. The second-order valence-electron chi connectivity index (χ2n) is 6.90. The quantitative estimate of drug-likeness (QED) is 0.732. The zero-order valence-electron chi connectivity index (χ0n) is 17.1. The number of carbonyl (C=O) groups is 2. The number of amides is 3. The summed E-state index contributed by atoms with van der Waals surface area (Å²) in [5, 5.41) is 2.79. The molecule has 8 nitrogen and oxygen atoms in total. The Balaban J connectivity index is 1.49. The molecular formula is C21H25FN4O4. The molecule has 1 N–H and O–H groups in total. The third-order valence-electron chi connectivity index (χ3n) is 4.80. The van der Waals surface area contributed by atoms with E-state index in [-0.39, 0.29) is 11.9 Å². The Hall–Kier alpha value is -3.20. The van der Waals surface area contributed by atoms with E-state index in [1.165, 1.54) is 12.3 Å². The van der Waals surface area contributed by atoms with Gasteiger partial charge in [0, 0.05) is 44.9 Å². The number of rotatable bonds is 6. The van der Waals surface area contributed by atoms with Gasteiger partial charge in [-0.15, -0.1) is 0 Å².